The first-order valence-corrected chi connectivity index (χ1v) is 48.5. The second-order valence-corrected chi connectivity index (χ2v) is 36.7. The fourth-order valence-electron chi connectivity index (χ4n) is 18.6. The topological polar surface area (TPSA) is 266 Å². The van der Waals surface area contributed by atoms with E-state index in [0.717, 1.165) is 295 Å². The van der Waals surface area contributed by atoms with Gasteiger partial charge < -0.3 is 18.9 Å². The van der Waals surface area contributed by atoms with Gasteiger partial charge >= 0.3 is 0 Å². The molecule has 13 aromatic carbocycles. The smallest absolute Gasteiger partial charge is 0.231 e. The van der Waals surface area contributed by atoms with Gasteiger partial charge in [-0.25, -0.2) is 34.3 Å². The van der Waals surface area contributed by atoms with Gasteiger partial charge in [0.25, 0.3) is 0 Å². The Morgan fingerprint density at radius 3 is 0.951 bits per heavy atom. The first-order chi connectivity index (χ1) is 69.6. The van der Waals surface area contributed by atoms with Gasteiger partial charge in [-0.1, -0.05) is 133 Å². The summed E-state index contributed by atoms with van der Waals surface area (Å²) in [6.07, 6.45) is 27.0. The van der Waals surface area contributed by atoms with E-state index in [-0.39, 0.29) is 5.82 Å². The van der Waals surface area contributed by atoms with Crippen molar-refractivity contribution < 1.29 is 23.3 Å². The van der Waals surface area contributed by atoms with Crippen molar-refractivity contribution in [2.75, 3.05) is 21.0 Å². The lowest BCUT2D eigenvalue weighted by molar-refractivity contribution is 0.174. The summed E-state index contributed by atoms with van der Waals surface area (Å²) >= 11 is 6.18. The number of para-hydroxylation sites is 12. The number of benzene rings is 13. The number of aryl methyl sites for hydroxylation is 9. The Balaban J connectivity index is 0.000000101. The van der Waals surface area contributed by atoms with Crippen molar-refractivity contribution in [3.05, 3.63) is 381 Å². The van der Waals surface area contributed by atoms with E-state index in [1.54, 1.807) is 21.1 Å². The summed E-state index contributed by atoms with van der Waals surface area (Å²) in [5, 5.41) is 3.33. The molecule has 7 aliphatic rings. The van der Waals surface area contributed by atoms with Crippen molar-refractivity contribution in [2.45, 2.75) is 136 Å². The number of halogens is 2. The summed E-state index contributed by atoms with van der Waals surface area (Å²) in [6, 6.07) is 82.5. The number of aliphatic imine (C=N–C) groups is 6. The molecule has 13 heterocycles. The first kappa shape index (κ1) is 92.0. The van der Waals surface area contributed by atoms with Crippen LogP contribution in [0.5, 0.6) is 23.0 Å². The maximum Gasteiger partial charge on any atom is 0.231 e. The van der Waals surface area contributed by atoms with Crippen molar-refractivity contribution >= 4 is 157 Å². The van der Waals surface area contributed by atoms with Crippen LogP contribution in [0.2, 0.25) is 5.02 Å². The molecule has 0 atom stereocenters. The molecular formula is C118H100ClFN18O4. The van der Waals surface area contributed by atoms with E-state index in [9.17, 15) is 4.39 Å². The highest BCUT2D eigenvalue weighted by Crippen LogP contribution is 2.44. The highest BCUT2D eigenvalue weighted by Gasteiger charge is 2.26. The zero-order valence-corrected chi connectivity index (χ0v) is 80.3. The quantitative estimate of drug-likeness (QED) is 0.0686. The highest BCUT2D eigenvalue weighted by atomic mass is 35.5. The summed E-state index contributed by atoms with van der Waals surface area (Å²) in [5.41, 5.74) is 41.0. The Hall–Kier alpha value is -16.4. The Morgan fingerprint density at radius 1 is 0.268 bits per heavy atom. The van der Waals surface area contributed by atoms with Crippen molar-refractivity contribution in [3.8, 4) is 23.0 Å². The van der Waals surface area contributed by atoms with Crippen molar-refractivity contribution in [3.63, 3.8) is 0 Å². The van der Waals surface area contributed by atoms with Crippen molar-refractivity contribution in [2.24, 2.45) is 30.0 Å². The van der Waals surface area contributed by atoms with Crippen LogP contribution in [0.3, 0.4) is 0 Å². The fourth-order valence-corrected chi connectivity index (χ4v) is 18.8. The van der Waals surface area contributed by atoms with Crippen LogP contribution < -0.4 is 18.9 Å². The van der Waals surface area contributed by atoms with Crippen LogP contribution in [-0.4, -0.2) is 115 Å². The standard InChI is InChI=1S/C22H17N3.C20H19N3O2.C19H16ClN3.C19H16FN3.C19H15N3O2.C19H17N3/c1-2-6-16-13-22-17(11-15(16)5-1)12-18(24-22)9-10-19-14-23-20-7-3-4-8-21(20)25-19;1-24-19-10-13-9-14(22-18(13)11-20(19)25-2)7-8-15-12-21-16-5-3-4-6-17(16)23-15;2*1-12-8-13-9-14(22-19(13)10-16(12)20)6-7-15-11-21-17-4-2-3-5-18(17)23-15;1-2-4-16-15(3-1)20-10-14(22-16)6-5-13-7-12-8-18-19(24-11-23-18)9-17(12)21-13;1-13-5-4-8-17-16(13)11-14(21-17)9-10-15-12-20-18-6-2-3-7-19(18)22-15/h1-8,11,13-14H,9-10,12H2;3-6,10-12H,7-9H2,1-2H3;2*2-5,8,10-11H,6-7,9H2,1H3;1-4,8-10H,5-7,11H2;2-8,12H,9-11H2,1H3. The monoisotopic (exact) mass is 1890 g/mol. The van der Waals surface area contributed by atoms with Crippen LogP contribution in [0.15, 0.2) is 316 Å². The lowest BCUT2D eigenvalue weighted by Gasteiger charge is -2.08. The van der Waals surface area contributed by atoms with Gasteiger partial charge in [-0.3, -0.25) is 59.9 Å². The predicted octanol–water partition coefficient (Wildman–Crippen LogP) is 26.0. The summed E-state index contributed by atoms with van der Waals surface area (Å²) < 4.78 is 35.2. The van der Waals surface area contributed by atoms with Gasteiger partial charge in [0.1, 0.15) is 5.82 Å². The van der Waals surface area contributed by atoms with Gasteiger partial charge in [-0.2, -0.15) is 0 Å². The van der Waals surface area contributed by atoms with Crippen LogP contribution in [0, 0.1) is 26.6 Å². The minimum absolute atomic E-state index is 0.186. The molecule has 26 rings (SSSR count). The summed E-state index contributed by atoms with van der Waals surface area (Å²) in [6.45, 7) is 6.28. The molecule has 0 N–H and O–H groups in total. The van der Waals surface area contributed by atoms with E-state index in [0.29, 0.717) is 18.1 Å². The Labute approximate surface area is 826 Å². The van der Waals surface area contributed by atoms with E-state index >= 15 is 0 Å². The Morgan fingerprint density at radius 2 is 0.563 bits per heavy atom. The van der Waals surface area contributed by atoms with Crippen molar-refractivity contribution in [1.29, 1.82) is 0 Å². The summed E-state index contributed by atoms with van der Waals surface area (Å²) in [7, 11) is 3.29. The minimum Gasteiger partial charge on any atom is -0.493 e. The third-order valence-corrected chi connectivity index (χ3v) is 26.7. The summed E-state index contributed by atoms with van der Waals surface area (Å²) in [5.74, 6) is 2.89. The van der Waals surface area contributed by atoms with E-state index in [1.165, 1.54) is 73.1 Å². The zero-order valence-electron chi connectivity index (χ0n) is 79.5. The lowest BCUT2D eigenvalue weighted by Crippen LogP contribution is -2.02. The Bertz CT molecular complexity index is 8150. The van der Waals surface area contributed by atoms with Gasteiger partial charge in [-0.05, 0) is 268 Å². The lowest BCUT2D eigenvalue weighted by atomic mass is 10.0. The molecule has 0 radical (unpaired) electrons. The summed E-state index contributed by atoms with van der Waals surface area (Å²) in [4.78, 5) is 83.3. The molecule has 7 aliphatic heterocycles. The predicted molar refractivity (Wildman–Crippen MR) is 567 cm³/mol. The third-order valence-electron chi connectivity index (χ3n) is 26.2. The average molecular weight is 1890 g/mol. The van der Waals surface area contributed by atoms with Crippen LogP contribution >= 0.6 is 11.6 Å². The molecule has 0 saturated heterocycles. The van der Waals surface area contributed by atoms with Crippen LogP contribution in [0.25, 0.3) is 77.0 Å². The number of fused-ring (bicyclic) bond motifs is 14. The number of hydrogen-bond donors (Lipinski definition) is 0. The normalized spacial score (nSPS) is 13.4. The molecule has 0 amide bonds. The van der Waals surface area contributed by atoms with Gasteiger partial charge in [0.2, 0.25) is 6.79 Å². The molecule has 142 heavy (non-hydrogen) atoms. The Kier molecular flexibility index (Phi) is 27.3. The maximum atomic E-state index is 13.6. The minimum atomic E-state index is -0.186. The largest absolute Gasteiger partial charge is 0.493 e. The fraction of sp³-hybridized carbons (Fsp3) is 0.203. The van der Waals surface area contributed by atoms with Gasteiger partial charge in [-0.15, -0.1) is 0 Å². The van der Waals surface area contributed by atoms with E-state index in [2.05, 4.69) is 127 Å². The second kappa shape index (κ2) is 42.1. The second-order valence-electron chi connectivity index (χ2n) is 36.3. The first-order valence-electron chi connectivity index (χ1n) is 48.1. The molecule has 0 spiro atoms. The van der Waals surface area contributed by atoms with E-state index < -0.39 is 0 Å². The molecular weight excluding hydrogens is 1790 g/mol. The number of hydrogen-bond acceptors (Lipinski definition) is 22. The van der Waals surface area contributed by atoms with Gasteiger partial charge in [0.15, 0.2) is 23.0 Å². The molecule has 700 valence electrons. The number of nitrogens with zero attached hydrogens (tertiary/aromatic N) is 18. The van der Waals surface area contributed by atoms with E-state index in [1.807, 2.05) is 226 Å². The van der Waals surface area contributed by atoms with Crippen LogP contribution in [-0.2, 0) is 77.0 Å². The molecule has 0 bridgehead atoms. The van der Waals surface area contributed by atoms with Gasteiger partial charge in [0.05, 0.1) is 149 Å². The molecule has 0 aliphatic carbocycles. The number of methoxy groups -OCH3 is 2. The molecule has 0 fully saturated rings. The molecule has 22 nitrogen and oxygen atoms in total. The highest BCUT2D eigenvalue weighted by molar-refractivity contribution is 6.31. The maximum absolute atomic E-state index is 13.6. The van der Waals surface area contributed by atoms with Crippen molar-refractivity contribution in [1.82, 2.24) is 59.8 Å². The van der Waals surface area contributed by atoms with Crippen LogP contribution in [0.1, 0.15) is 123 Å². The average Bonchev–Trinajstić information content (AvgIpc) is 1.20. The number of ether oxygens (including phenoxy) is 4. The SMILES string of the molecule is COc1cc2c(cc1OC)N=C(CCc1cnc3ccccc3n1)C2.Cc1cc2c(cc1Cl)N=C(CCc1cnc3ccccc3n1)C2.Cc1cc2c(cc1F)N=C(CCc1cnc3ccccc3n1)C2.Cc1cccc2c1CC(CCc1cnc3ccccc3n1)=N2.c1ccc2cc3c(cc2c1)CC(CCc1cnc2ccccc2n1)=N3.c1ccc2nc(CCC3=Nc4cc5c(cc4C3)OCO5)cnc2c1. The molecule has 19 aromatic rings. The number of rotatable bonds is 20. The third kappa shape index (κ3) is 21.7. The molecule has 0 unspecified atom stereocenters. The molecule has 0 saturated carbocycles. The van der Waals surface area contributed by atoms with E-state index in [4.69, 9.17) is 60.5 Å². The number of aromatic nitrogens is 12. The zero-order chi connectivity index (χ0) is 96.4. The molecule has 24 heteroatoms. The van der Waals surface area contributed by atoms with Gasteiger partial charge in [0, 0.05) is 133 Å². The molecule has 6 aromatic heterocycles. The van der Waals surface area contributed by atoms with Crippen LogP contribution in [0.4, 0.5) is 38.5 Å².